The molecule has 1 aromatic carbocycles. The summed E-state index contributed by atoms with van der Waals surface area (Å²) in [6, 6.07) is 11.3. The number of ether oxygens (including phenoxy) is 1. The monoisotopic (exact) mass is 501 g/mol. The van der Waals surface area contributed by atoms with E-state index >= 15 is 0 Å². The van der Waals surface area contributed by atoms with E-state index in [2.05, 4.69) is 19.8 Å². The van der Waals surface area contributed by atoms with E-state index in [1.54, 1.807) is 22.8 Å². The number of imidazole rings is 2. The number of amides is 1. The highest BCUT2D eigenvalue weighted by atomic mass is 19.1. The van der Waals surface area contributed by atoms with Crippen molar-refractivity contribution in [2.24, 2.45) is 0 Å². The Bertz CT molecular complexity index is 1450. The highest BCUT2D eigenvalue weighted by Crippen LogP contribution is 2.46. The molecule has 3 fully saturated rings. The second-order valence-electron chi connectivity index (χ2n) is 10.2. The summed E-state index contributed by atoms with van der Waals surface area (Å²) in [6.45, 7) is 3.72. The zero-order chi connectivity index (χ0) is 24.9. The van der Waals surface area contributed by atoms with Gasteiger partial charge in [-0.15, -0.1) is 0 Å². The van der Waals surface area contributed by atoms with Crippen LogP contribution in [0.15, 0.2) is 42.6 Å². The van der Waals surface area contributed by atoms with E-state index < -0.39 is 0 Å². The van der Waals surface area contributed by atoms with Gasteiger partial charge in [0.15, 0.2) is 11.5 Å². The van der Waals surface area contributed by atoms with E-state index in [1.807, 2.05) is 12.1 Å². The summed E-state index contributed by atoms with van der Waals surface area (Å²) in [5.41, 5.74) is 4.07. The van der Waals surface area contributed by atoms with Gasteiger partial charge in [-0.1, -0.05) is 0 Å². The lowest BCUT2D eigenvalue weighted by atomic mass is 10.0. The standard InChI is InChI=1S/C27H28FN7O2/c28-19-5-3-17(4-6-19)25-26(22-7-8-24-30-23(29-16-36)13-34(24)32-22)35(27(31-25)18-1-2-18)20-9-11-33(12-10-20)21-14-37-15-21/h3-8,13,16,18,20-21H,1-2,9-12,14-15H2,(H,29,36). The van der Waals surface area contributed by atoms with Crippen LogP contribution in [0.1, 0.15) is 43.5 Å². The third kappa shape index (κ3) is 4.10. The number of carbonyl (C=O) groups excluding carboxylic acids is 1. The average molecular weight is 502 g/mol. The Kier molecular flexibility index (Phi) is 5.51. The molecule has 190 valence electrons. The molecule has 10 heteroatoms. The Hall–Kier alpha value is -3.63. The normalized spacial score (nSPS) is 19.3. The third-order valence-corrected chi connectivity index (χ3v) is 7.77. The Labute approximate surface area is 213 Å². The number of carbonyl (C=O) groups is 1. The zero-order valence-electron chi connectivity index (χ0n) is 20.4. The van der Waals surface area contributed by atoms with Gasteiger partial charge in [0.2, 0.25) is 6.41 Å². The highest BCUT2D eigenvalue weighted by Gasteiger charge is 2.37. The van der Waals surface area contributed by atoms with Crippen LogP contribution in [0.3, 0.4) is 0 Å². The van der Waals surface area contributed by atoms with E-state index in [0.717, 1.165) is 80.5 Å². The van der Waals surface area contributed by atoms with Gasteiger partial charge in [0.25, 0.3) is 0 Å². The molecular weight excluding hydrogens is 473 g/mol. The molecular formula is C27H28FN7O2. The quantitative estimate of drug-likeness (QED) is 0.387. The number of fused-ring (bicyclic) bond motifs is 1. The summed E-state index contributed by atoms with van der Waals surface area (Å²) in [5.74, 6) is 1.72. The van der Waals surface area contributed by atoms with Crippen LogP contribution in [0.25, 0.3) is 28.3 Å². The number of rotatable bonds is 7. The van der Waals surface area contributed by atoms with Gasteiger partial charge in [-0.05, 0) is 62.1 Å². The molecule has 0 bridgehead atoms. The minimum absolute atomic E-state index is 0.271. The van der Waals surface area contributed by atoms with Crippen LogP contribution in [0.4, 0.5) is 10.2 Å². The fourth-order valence-corrected chi connectivity index (χ4v) is 5.58. The number of aromatic nitrogens is 5. The molecule has 1 N–H and O–H groups in total. The van der Waals surface area contributed by atoms with E-state index in [-0.39, 0.29) is 5.82 Å². The first kappa shape index (κ1) is 22.6. The van der Waals surface area contributed by atoms with Crippen molar-refractivity contribution >= 4 is 17.9 Å². The number of halogens is 1. The maximum Gasteiger partial charge on any atom is 0.212 e. The molecule has 0 radical (unpaired) electrons. The molecule has 2 aliphatic heterocycles. The van der Waals surface area contributed by atoms with Crippen molar-refractivity contribution in [2.45, 2.75) is 43.7 Å². The predicted octanol–water partition coefficient (Wildman–Crippen LogP) is 3.88. The second kappa shape index (κ2) is 9.04. The first-order valence-electron chi connectivity index (χ1n) is 12.9. The third-order valence-electron chi connectivity index (χ3n) is 7.77. The van der Waals surface area contributed by atoms with Crippen LogP contribution >= 0.6 is 0 Å². The number of likely N-dealkylation sites (tertiary alicyclic amines) is 1. The van der Waals surface area contributed by atoms with Crippen molar-refractivity contribution < 1.29 is 13.9 Å². The van der Waals surface area contributed by atoms with E-state index in [9.17, 15) is 9.18 Å². The summed E-state index contributed by atoms with van der Waals surface area (Å²) >= 11 is 0. The van der Waals surface area contributed by atoms with Crippen molar-refractivity contribution in [2.75, 3.05) is 31.6 Å². The Balaban J connectivity index is 1.35. The SMILES string of the molecule is O=CNc1cn2nc(-c3c(-c4ccc(F)cc4)nc(C4CC4)n3C3CCN(C4COC4)CC3)ccc2n1. The van der Waals surface area contributed by atoms with Gasteiger partial charge < -0.3 is 14.6 Å². The average Bonchev–Trinajstić information content (AvgIpc) is 3.53. The first-order valence-corrected chi connectivity index (χ1v) is 12.9. The fourth-order valence-electron chi connectivity index (χ4n) is 5.58. The summed E-state index contributed by atoms with van der Waals surface area (Å²) in [5, 5.41) is 7.50. The fraction of sp³-hybridized carbons (Fsp3) is 0.407. The minimum Gasteiger partial charge on any atom is -0.378 e. The maximum absolute atomic E-state index is 13.8. The van der Waals surface area contributed by atoms with Gasteiger partial charge in [-0.25, -0.2) is 18.9 Å². The number of piperidine rings is 1. The van der Waals surface area contributed by atoms with Gasteiger partial charge in [-0.2, -0.15) is 5.10 Å². The van der Waals surface area contributed by atoms with Crippen LogP contribution in [0.5, 0.6) is 0 Å². The smallest absolute Gasteiger partial charge is 0.212 e. The number of nitrogens with zero attached hydrogens (tertiary/aromatic N) is 6. The van der Waals surface area contributed by atoms with E-state index in [0.29, 0.717) is 35.9 Å². The molecule has 3 aromatic heterocycles. The minimum atomic E-state index is -0.271. The van der Waals surface area contributed by atoms with Crippen molar-refractivity contribution in [3.05, 3.63) is 54.2 Å². The zero-order valence-corrected chi connectivity index (χ0v) is 20.4. The Morgan fingerprint density at radius 1 is 0.973 bits per heavy atom. The number of hydrogen-bond donors (Lipinski definition) is 1. The van der Waals surface area contributed by atoms with Crippen LogP contribution in [-0.2, 0) is 9.53 Å². The molecule has 0 atom stereocenters. The van der Waals surface area contributed by atoms with Crippen LogP contribution in [-0.4, -0.2) is 67.8 Å². The van der Waals surface area contributed by atoms with E-state index in [1.165, 1.54) is 12.1 Å². The molecule has 7 rings (SSSR count). The molecule has 1 amide bonds. The topological polar surface area (TPSA) is 89.6 Å². The molecule has 0 unspecified atom stereocenters. The first-order chi connectivity index (χ1) is 18.2. The molecule has 1 aliphatic carbocycles. The second-order valence-corrected chi connectivity index (χ2v) is 10.2. The van der Waals surface area contributed by atoms with Gasteiger partial charge >= 0.3 is 0 Å². The number of anilines is 1. The molecule has 5 heterocycles. The largest absolute Gasteiger partial charge is 0.378 e. The van der Waals surface area contributed by atoms with E-state index in [4.69, 9.17) is 14.8 Å². The molecule has 9 nitrogen and oxygen atoms in total. The Morgan fingerprint density at radius 2 is 1.76 bits per heavy atom. The van der Waals surface area contributed by atoms with Gasteiger partial charge in [0, 0.05) is 30.6 Å². The van der Waals surface area contributed by atoms with Crippen LogP contribution < -0.4 is 5.32 Å². The van der Waals surface area contributed by atoms with Crippen LogP contribution in [0.2, 0.25) is 0 Å². The van der Waals surface area contributed by atoms with Gasteiger partial charge in [-0.3, -0.25) is 9.69 Å². The molecule has 4 aromatic rings. The van der Waals surface area contributed by atoms with Crippen molar-refractivity contribution in [1.82, 2.24) is 29.0 Å². The summed E-state index contributed by atoms with van der Waals surface area (Å²) in [4.78, 5) is 23.1. The lowest BCUT2D eigenvalue weighted by molar-refractivity contribution is -0.105. The molecule has 37 heavy (non-hydrogen) atoms. The molecule has 2 saturated heterocycles. The van der Waals surface area contributed by atoms with Gasteiger partial charge in [0.05, 0.1) is 36.8 Å². The number of nitrogens with one attached hydrogen (secondary N) is 1. The summed E-state index contributed by atoms with van der Waals surface area (Å²) in [6.07, 6.45) is 6.63. The van der Waals surface area contributed by atoms with Crippen LogP contribution in [0, 0.1) is 5.82 Å². The molecule has 3 aliphatic rings. The lowest BCUT2D eigenvalue weighted by Gasteiger charge is -2.42. The predicted molar refractivity (Wildman–Crippen MR) is 136 cm³/mol. The molecule has 1 saturated carbocycles. The Morgan fingerprint density at radius 3 is 2.43 bits per heavy atom. The summed E-state index contributed by atoms with van der Waals surface area (Å²) in [7, 11) is 0. The van der Waals surface area contributed by atoms with Crippen molar-refractivity contribution in [1.29, 1.82) is 0 Å². The number of benzene rings is 1. The number of hydrogen-bond acceptors (Lipinski definition) is 6. The van der Waals surface area contributed by atoms with Gasteiger partial charge in [0.1, 0.15) is 17.3 Å². The van der Waals surface area contributed by atoms with Crippen molar-refractivity contribution in [3.63, 3.8) is 0 Å². The lowest BCUT2D eigenvalue weighted by Crippen LogP contribution is -2.52. The highest BCUT2D eigenvalue weighted by molar-refractivity contribution is 5.78. The molecule has 0 spiro atoms. The maximum atomic E-state index is 13.8. The summed E-state index contributed by atoms with van der Waals surface area (Å²) < 4.78 is 23.4. The van der Waals surface area contributed by atoms with Crippen molar-refractivity contribution in [3.8, 4) is 22.6 Å².